The predicted octanol–water partition coefficient (Wildman–Crippen LogP) is 3.80. The van der Waals surface area contributed by atoms with Gasteiger partial charge in [-0.05, 0) is 35.1 Å². The topological polar surface area (TPSA) is 81.4 Å². The van der Waals surface area contributed by atoms with Gasteiger partial charge in [0.05, 0.1) is 11.6 Å². The van der Waals surface area contributed by atoms with Crippen molar-refractivity contribution < 1.29 is 14.3 Å². The number of amides is 2. The number of nitrogens with two attached hydrogens (primary N) is 1. The molecule has 0 spiro atoms. The fraction of sp³-hybridized carbons (Fsp3) is 0.364. The van der Waals surface area contributed by atoms with E-state index < -0.39 is 5.91 Å². The Morgan fingerprint density at radius 1 is 0.963 bits per heavy atom. The number of rotatable bonds is 8. The van der Waals surface area contributed by atoms with Crippen LogP contribution in [-0.2, 0) is 4.79 Å². The van der Waals surface area contributed by atoms with Crippen LogP contribution in [0.2, 0.25) is 0 Å². The molecule has 0 heterocycles. The van der Waals surface area contributed by atoms with E-state index in [1.165, 1.54) is 5.56 Å². The number of nitrogens with one attached hydrogen (secondary N) is 1. The van der Waals surface area contributed by atoms with E-state index in [2.05, 4.69) is 57.3 Å². The van der Waals surface area contributed by atoms with E-state index in [1.54, 1.807) is 24.3 Å². The molecule has 0 radical (unpaired) electrons. The van der Waals surface area contributed by atoms with Gasteiger partial charge in [-0.15, -0.1) is 0 Å². The zero-order valence-electron chi connectivity index (χ0n) is 16.4. The number of primary amides is 1. The minimum Gasteiger partial charge on any atom is -0.483 e. The molecule has 0 aromatic heterocycles. The first kappa shape index (κ1) is 20.5. The van der Waals surface area contributed by atoms with Crippen molar-refractivity contribution in [3.05, 3.63) is 65.2 Å². The molecule has 1 atom stereocenters. The van der Waals surface area contributed by atoms with Crippen LogP contribution in [0.25, 0.3) is 0 Å². The molecule has 2 aromatic carbocycles. The number of carbonyl (C=O) groups is 2. The molecule has 1 unspecified atom stereocenters. The lowest BCUT2D eigenvalue weighted by Gasteiger charge is -2.23. The van der Waals surface area contributed by atoms with Gasteiger partial charge in [-0.25, -0.2) is 0 Å². The van der Waals surface area contributed by atoms with Crippen molar-refractivity contribution in [3.8, 4) is 5.75 Å². The van der Waals surface area contributed by atoms with Gasteiger partial charge in [-0.1, -0.05) is 64.1 Å². The molecule has 144 valence electrons. The maximum atomic E-state index is 12.4. The first-order valence-corrected chi connectivity index (χ1v) is 9.20. The van der Waals surface area contributed by atoms with E-state index in [0.717, 1.165) is 5.56 Å². The molecule has 0 aliphatic carbocycles. The molecule has 2 aromatic rings. The van der Waals surface area contributed by atoms with Gasteiger partial charge in [0.25, 0.3) is 11.8 Å². The molecule has 0 bridgehead atoms. The van der Waals surface area contributed by atoms with Crippen LogP contribution in [0, 0.1) is 5.92 Å². The van der Waals surface area contributed by atoms with Crippen LogP contribution in [0.5, 0.6) is 5.75 Å². The van der Waals surface area contributed by atoms with E-state index in [9.17, 15) is 9.59 Å². The molecule has 5 heteroatoms. The second kappa shape index (κ2) is 9.21. The highest BCUT2D eigenvalue weighted by molar-refractivity contribution is 5.95. The fourth-order valence-electron chi connectivity index (χ4n) is 2.88. The van der Waals surface area contributed by atoms with Gasteiger partial charge >= 0.3 is 0 Å². The Bertz CT molecular complexity index is 782. The normalized spacial score (nSPS) is 12.1. The van der Waals surface area contributed by atoms with Crippen molar-refractivity contribution in [2.75, 3.05) is 6.61 Å². The molecular formula is C22H28N2O3. The molecule has 0 saturated carbocycles. The highest BCUT2D eigenvalue weighted by Gasteiger charge is 2.19. The third-order valence-corrected chi connectivity index (χ3v) is 4.46. The second-order valence-corrected chi connectivity index (χ2v) is 7.26. The smallest absolute Gasteiger partial charge is 0.258 e. The molecular weight excluding hydrogens is 340 g/mol. The van der Waals surface area contributed by atoms with Crippen LogP contribution < -0.4 is 15.8 Å². The molecule has 2 rings (SSSR count). The lowest BCUT2D eigenvalue weighted by atomic mass is 9.93. The van der Waals surface area contributed by atoms with E-state index in [0.29, 0.717) is 11.7 Å². The lowest BCUT2D eigenvalue weighted by molar-refractivity contribution is -0.124. The summed E-state index contributed by atoms with van der Waals surface area (Å²) in [5.41, 5.74) is 7.91. The first-order chi connectivity index (χ1) is 12.8. The Morgan fingerprint density at radius 3 is 2.11 bits per heavy atom. The Labute approximate surface area is 160 Å². The second-order valence-electron chi connectivity index (χ2n) is 7.26. The van der Waals surface area contributed by atoms with Crippen LogP contribution in [0.3, 0.4) is 0 Å². The Kier molecular flexibility index (Phi) is 6.99. The largest absolute Gasteiger partial charge is 0.483 e. The van der Waals surface area contributed by atoms with Crippen molar-refractivity contribution in [1.82, 2.24) is 5.32 Å². The summed E-state index contributed by atoms with van der Waals surface area (Å²) in [5, 5.41) is 3.02. The van der Waals surface area contributed by atoms with Crippen molar-refractivity contribution in [1.29, 1.82) is 0 Å². The van der Waals surface area contributed by atoms with Crippen LogP contribution in [0.1, 0.15) is 61.1 Å². The van der Waals surface area contributed by atoms with Crippen molar-refractivity contribution in [2.24, 2.45) is 11.7 Å². The molecule has 0 fully saturated rings. The number of hydrogen-bond acceptors (Lipinski definition) is 3. The molecule has 5 nitrogen and oxygen atoms in total. The number of para-hydroxylation sites is 1. The van der Waals surface area contributed by atoms with Gasteiger partial charge in [0, 0.05) is 0 Å². The van der Waals surface area contributed by atoms with Crippen molar-refractivity contribution >= 4 is 11.8 Å². The van der Waals surface area contributed by atoms with Crippen molar-refractivity contribution in [2.45, 2.75) is 39.7 Å². The summed E-state index contributed by atoms with van der Waals surface area (Å²) >= 11 is 0. The highest BCUT2D eigenvalue weighted by atomic mass is 16.5. The van der Waals surface area contributed by atoms with E-state index in [4.69, 9.17) is 10.5 Å². The minimum absolute atomic E-state index is 0.117. The average Bonchev–Trinajstić information content (AvgIpc) is 2.64. The van der Waals surface area contributed by atoms with Crippen molar-refractivity contribution in [3.63, 3.8) is 0 Å². The quantitative estimate of drug-likeness (QED) is 0.743. The molecule has 0 aliphatic rings. The standard InChI is InChI=1S/C22H28N2O3/c1-14(2)16-9-11-17(12-10-16)21(15(3)4)24-20(25)13-27-19-8-6-5-7-18(19)22(23)26/h5-12,14-15,21H,13H2,1-4H3,(H2,23,26)(H,24,25). The van der Waals surface area contributed by atoms with Gasteiger partial charge in [0.15, 0.2) is 6.61 Å². The zero-order chi connectivity index (χ0) is 20.0. The van der Waals surface area contributed by atoms with Gasteiger partial charge in [0.1, 0.15) is 5.75 Å². The summed E-state index contributed by atoms with van der Waals surface area (Å²) in [6.45, 7) is 8.24. The third kappa shape index (κ3) is 5.58. The van der Waals surface area contributed by atoms with E-state index in [1.807, 2.05) is 0 Å². The maximum Gasteiger partial charge on any atom is 0.258 e. The zero-order valence-corrected chi connectivity index (χ0v) is 16.4. The monoisotopic (exact) mass is 368 g/mol. The summed E-state index contributed by atoms with van der Waals surface area (Å²) in [6, 6.07) is 14.8. The van der Waals surface area contributed by atoms with E-state index >= 15 is 0 Å². The third-order valence-electron chi connectivity index (χ3n) is 4.46. The molecule has 27 heavy (non-hydrogen) atoms. The predicted molar refractivity (Wildman–Crippen MR) is 107 cm³/mol. The summed E-state index contributed by atoms with van der Waals surface area (Å²) in [7, 11) is 0. The van der Waals surface area contributed by atoms with Gasteiger partial charge in [0.2, 0.25) is 0 Å². The van der Waals surface area contributed by atoms with Crippen LogP contribution in [-0.4, -0.2) is 18.4 Å². The Hall–Kier alpha value is -2.82. The fourth-order valence-corrected chi connectivity index (χ4v) is 2.88. The van der Waals surface area contributed by atoms with Gasteiger partial charge in [-0.2, -0.15) is 0 Å². The Morgan fingerprint density at radius 2 is 1.56 bits per heavy atom. The van der Waals surface area contributed by atoms with Gasteiger partial charge in [-0.3, -0.25) is 9.59 Å². The molecule has 0 aliphatic heterocycles. The van der Waals surface area contributed by atoms with Crippen LogP contribution in [0.4, 0.5) is 0 Å². The first-order valence-electron chi connectivity index (χ1n) is 9.20. The molecule has 2 amide bonds. The number of hydrogen-bond donors (Lipinski definition) is 2. The Balaban J connectivity index is 2.04. The summed E-state index contributed by atoms with van der Waals surface area (Å²) < 4.78 is 5.51. The SMILES string of the molecule is CC(C)c1ccc(C(NC(=O)COc2ccccc2C(N)=O)C(C)C)cc1. The lowest BCUT2D eigenvalue weighted by Crippen LogP contribution is -2.35. The van der Waals surface area contributed by atoms with Crippen LogP contribution >= 0.6 is 0 Å². The molecule has 3 N–H and O–H groups in total. The number of carbonyl (C=O) groups excluding carboxylic acids is 2. The van der Waals surface area contributed by atoms with Crippen LogP contribution in [0.15, 0.2) is 48.5 Å². The molecule has 0 saturated heterocycles. The number of benzene rings is 2. The minimum atomic E-state index is -0.587. The average molecular weight is 368 g/mol. The number of ether oxygens (including phenoxy) is 1. The summed E-state index contributed by atoms with van der Waals surface area (Å²) in [4.78, 5) is 23.8. The highest BCUT2D eigenvalue weighted by Crippen LogP contribution is 2.24. The van der Waals surface area contributed by atoms with Gasteiger partial charge < -0.3 is 15.8 Å². The maximum absolute atomic E-state index is 12.4. The summed E-state index contributed by atoms with van der Waals surface area (Å²) in [5.74, 6) is 0.154. The summed E-state index contributed by atoms with van der Waals surface area (Å²) in [6.07, 6.45) is 0. The van der Waals surface area contributed by atoms with E-state index in [-0.39, 0.29) is 30.0 Å².